The molecule has 70 heavy (non-hydrogen) atoms. The molecule has 4 fully saturated rings. The number of piperidine rings is 1. The van der Waals surface area contributed by atoms with Crippen molar-refractivity contribution in [3.05, 3.63) is 40.7 Å². The van der Waals surface area contributed by atoms with E-state index in [2.05, 4.69) is 43.3 Å². The Kier molecular flexibility index (Phi) is 17.7. The van der Waals surface area contributed by atoms with Gasteiger partial charge in [0.05, 0.1) is 30.7 Å². The molecule has 1 aromatic rings. The lowest BCUT2D eigenvalue weighted by atomic mass is 9.78. The number of carbonyl (C=O) groups excluding carboxylic acids is 6. The SMILES string of the molecule is CCC(C)(C)C(=O)C(=O)N1CCCC[C@H]1C(=O)O[C@H](CCc1cccnc1)CC(C)(C)CCC(C)(C)NCC(=O)N[C@H]1CCN(C(=O)[C@@H]2C[C@H](SC3=C(C(=O)O)N4C(=O)[C@H]([C@@H](C)O)[C@H]4[C@H]3C)CN2C)C1. The zero-order valence-electron chi connectivity index (χ0n) is 43.1. The molecule has 0 aliphatic carbocycles. The van der Waals surface area contributed by atoms with Gasteiger partial charge in [0.1, 0.15) is 17.8 Å². The van der Waals surface area contributed by atoms with Crippen LogP contribution in [-0.4, -0.2) is 163 Å². The van der Waals surface area contributed by atoms with E-state index < -0.39 is 64.8 Å². The van der Waals surface area contributed by atoms with Crippen LogP contribution in [-0.2, 0) is 44.7 Å². The van der Waals surface area contributed by atoms with Crippen LogP contribution in [0, 0.1) is 22.7 Å². The van der Waals surface area contributed by atoms with Gasteiger partial charge in [-0.2, -0.15) is 0 Å². The van der Waals surface area contributed by atoms with Gasteiger partial charge in [0.25, 0.3) is 5.91 Å². The van der Waals surface area contributed by atoms with E-state index in [9.17, 15) is 43.8 Å². The van der Waals surface area contributed by atoms with E-state index in [-0.39, 0.29) is 58.6 Å². The number of nitrogens with one attached hydrogen (secondary N) is 2. The Morgan fingerprint density at radius 2 is 1.73 bits per heavy atom. The van der Waals surface area contributed by atoms with E-state index in [4.69, 9.17) is 4.74 Å². The molecule has 6 heterocycles. The number of nitrogens with zero attached hydrogens (tertiary/aromatic N) is 5. The smallest absolute Gasteiger partial charge is 0.353 e. The number of likely N-dealkylation sites (N-methyl/N-ethyl adjacent to an activating group) is 1. The van der Waals surface area contributed by atoms with Crippen molar-refractivity contribution in [1.29, 1.82) is 0 Å². The summed E-state index contributed by atoms with van der Waals surface area (Å²) in [6.45, 7) is 19.2. The molecule has 0 aromatic carbocycles. The number of likely N-dealkylation sites (tertiary alicyclic amines) is 3. The van der Waals surface area contributed by atoms with Gasteiger partial charge in [0, 0.05) is 71.6 Å². The predicted octanol–water partition coefficient (Wildman–Crippen LogP) is 4.55. The van der Waals surface area contributed by atoms with Crippen LogP contribution in [0.2, 0.25) is 0 Å². The van der Waals surface area contributed by atoms with Crippen molar-refractivity contribution in [1.82, 2.24) is 35.2 Å². The van der Waals surface area contributed by atoms with Crippen molar-refractivity contribution in [2.24, 2.45) is 22.7 Å². The summed E-state index contributed by atoms with van der Waals surface area (Å²) < 4.78 is 6.32. The Hall–Kier alpha value is -4.39. The largest absolute Gasteiger partial charge is 0.477 e. The van der Waals surface area contributed by atoms with E-state index in [1.54, 1.807) is 31.9 Å². The highest BCUT2D eigenvalue weighted by Gasteiger charge is 2.60. The number of carbonyl (C=O) groups is 7. The number of carboxylic acid groups (broad SMARTS) is 1. The maximum Gasteiger partial charge on any atom is 0.353 e. The first-order valence-electron chi connectivity index (χ1n) is 25.5. The van der Waals surface area contributed by atoms with Crippen LogP contribution in [0.3, 0.4) is 0 Å². The van der Waals surface area contributed by atoms with Gasteiger partial charge in [-0.15, -0.1) is 11.8 Å². The molecule has 0 spiro atoms. The van der Waals surface area contributed by atoms with E-state index in [1.165, 1.54) is 21.6 Å². The second kappa shape index (κ2) is 22.6. The van der Waals surface area contributed by atoms with E-state index in [1.807, 2.05) is 44.1 Å². The van der Waals surface area contributed by atoms with Crippen molar-refractivity contribution in [3.8, 4) is 0 Å². The molecule has 5 aliphatic heterocycles. The average molecular weight is 994 g/mol. The molecule has 4 saturated heterocycles. The summed E-state index contributed by atoms with van der Waals surface area (Å²) in [6.07, 6.45) is 9.06. The number of aromatic nitrogens is 1. The third kappa shape index (κ3) is 12.8. The molecule has 1 aromatic heterocycles. The van der Waals surface area contributed by atoms with Crippen molar-refractivity contribution in [2.45, 2.75) is 180 Å². The molecule has 18 heteroatoms. The number of carboxylic acids is 1. The van der Waals surface area contributed by atoms with Gasteiger partial charge >= 0.3 is 11.9 Å². The lowest BCUT2D eigenvalue weighted by molar-refractivity contribution is -0.165. The number of aryl methyl sites for hydroxylation is 1. The maximum atomic E-state index is 14.0. The summed E-state index contributed by atoms with van der Waals surface area (Å²) in [7, 11) is 1.89. The zero-order chi connectivity index (χ0) is 51.5. The molecule has 0 unspecified atom stereocenters. The first-order valence-corrected chi connectivity index (χ1v) is 26.4. The molecule has 5 aliphatic rings. The highest BCUT2D eigenvalue weighted by Crippen LogP contribution is 2.52. The van der Waals surface area contributed by atoms with Crippen LogP contribution in [0.5, 0.6) is 0 Å². The molecule has 4 N–H and O–H groups in total. The normalized spacial score (nSPS) is 26.2. The van der Waals surface area contributed by atoms with Gasteiger partial charge in [-0.25, -0.2) is 9.59 Å². The molecule has 4 amide bonds. The van der Waals surface area contributed by atoms with Crippen LogP contribution in [0.4, 0.5) is 0 Å². The fraction of sp³-hybridized carbons (Fsp3) is 0.731. The lowest BCUT2D eigenvalue weighted by Crippen LogP contribution is -2.63. The number of Topliss-reactive ketones (excluding diaryl/α,β-unsaturated/α-hetero) is 1. The summed E-state index contributed by atoms with van der Waals surface area (Å²) in [6, 6.07) is 2.08. The highest BCUT2D eigenvalue weighted by atomic mass is 32.2. The summed E-state index contributed by atoms with van der Waals surface area (Å²) >= 11 is 1.43. The molecule has 0 saturated carbocycles. The van der Waals surface area contributed by atoms with Gasteiger partial charge in [-0.05, 0) is 115 Å². The number of hydrogen-bond acceptors (Lipinski definition) is 13. The number of ether oxygens (including phenoxy) is 1. The number of pyridine rings is 1. The number of fused-ring (bicyclic) bond motifs is 1. The van der Waals surface area contributed by atoms with Gasteiger partial charge in [-0.1, -0.05) is 47.6 Å². The monoisotopic (exact) mass is 994 g/mol. The summed E-state index contributed by atoms with van der Waals surface area (Å²) in [5, 5.41) is 26.8. The third-order valence-electron chi connectivity index (χ3n) is 15.7. The quantitative estimate of drug-likeness (QED) is 0.0712. The summed E-state index contributed by atoms with van der Waals surface area (Å²) in [5.74, 6) is -4.16. The molecule has 9 atom stereocenters. The van der Waals surface area contributed by atoms with Gasteiger partial charge in [-0.3, -0.25) is 33.9 Å². The van der Waals surface area contributed by atoms with Crippen LogP contribution >= 0.6 is 11.8 Å². The summed E-state index contributed by atoms with van der Waals surface area (Å²) in [4.78, 5) is 105. The van der Waals surface area contributed by atoms with Gasteiger partial charge in [0.15, 0.2) is 0 Å². The Morgan fingerprint density at radius 1 is 1.00 bits per heavy atom. The second-order valence-corrected chi connectivity index (χ2v) is 24.0. The minimum atomic E-state index is -1.16. The molecule has 0 bridgehead atoms. The van der Waals surface area contributed by atoms with Crippen LogP contribution in [0.25, 0.3) is 0 Å². The molecular weight excluding hydrogens is 915 g/mol. The first kappa shape index (κ1) is 54.9. The average Bonchev–Trinajstić information content (AvgIpc) is 4.00. The highest BCUT2D eigenvalue weighted by molar-refractivity contribution is 8.03. The minimum absolute atomic E-state index is 0.00976. The number of hydrogen-bond donors (Lipinski definition) is 4. The second-order valence-electron chi connectivity index (χ2n) is 22.7. The number of aliphatic carboxylic acids is 1. The van der Waals surface area contributed by atoms with Crippen molar-refractivity contribution in [3.63, 3.8) is 0 Å². The molecule has 388 valence electrons. The van der Waals surface area contributed by atoms with Gasteiger partial charge in [0.2, 0.25) is 23.5 Å². The van der Waals surface area contributed by atoms with Crippen molar-refractivity contribution >= 4 is 53.1 Å². The number of thioether (sulfide) groups is 1. The van der Waals surface area contributed by atoms with Crippen molar-refractivity contribution < 1.29 is 48.5 Å². The zero-order valence-corrected chi connectivity index (χ0v) is 43.9. The fourth-order valence-corrected chi connectivity index (χ4v) is 12.4. The summed E-state index contributed by atoms with van der Waals surface area (Å²) in [5.41, 5.74) is -0.496. The first-order chi connectivity index (χ1) is 32.8. The molecular formula is C52H79N7O10S. The Balaban J connectivity index is 0.973. The molecule has 0 radical (unpaired) electrons. The molecule has 17 nitrogen and oxygen atoms in total. The van der Waals surface area contributed by atoms with Crippen molar-refractivity contribution in [2.75, 3.05) is 39.8 Å². The standard InChI is InChI=1S/C52H79N7O10S/c1-11-51(6,7)44(62)47(65)58-23-13-12-16-37(58)49(68)69-35(18-17-33-15-14-22-53-27-33)26-50(4,5)20-21-52(8,9)54-28-39(61)55-34-19-24-57(29-34)45(63)38-25-36(30-56(38)10)70-43-31(2)41-40(32(3)60)46(64)59(41)42(43)48(66)67/h14-15,22,27,31-32,34-38,40-41,54,60H,11-13,16-21,23-26,28-30H2,1-10H3,(H,55,61)(H,66,67)/t31-,32-,34+,35-,36+,37+,38+,40-,41-/m1/s1. The van der Waals surface area contributed by atoms with Gasteiger partial charge < -0.3 is 40.3 Å². The van der Waals surface area contributed by atoms with Crippen LogP contribution in [0.1, 0.15) is 132 Å². The third-order valence-corrected chi connectivity index (χ3v) is 17.2. The fourth-order valence-electron chi connectivity index (χ4n) is 10.8. The van der Waals surface area contributed by atoms with E-state index in [0.29, 0.717) is 76.0 Å². The maximum absolute atomic E-state index is 14.0. The number of aliphatic hydroxyl groups is 1. The minimum Gasteiger partial charge on any atom is -0.477 e. The number of rotatable bonds is 22. The Labute approximate surface area is 418 Å². The van der Waals surface area contributed by atoms with Crippen LogP contribution < -0.4 is 10.6 Å². The number of β-lactam (4-membered cyclic amide) rings is 1. The Morgan fingerprint density at radius 3 is 2.39 bits per heavy atom. The Bertz CT molecular complexity index is 2150. The van der Waals surface area contributed by atoms with E-state index >= 15 is 0 Å². The number of amides is 4. The topological polar surface area (TPSA) is 219 Å². The molecule has 6 rings (SSSR count). The lowest BCUT2D eigenvalue weighted by Gasteiger charge is -2.46. The number of esters is 1. The number of aliphatic hydroxyl groups excluding tert-OH is 1. The predicted molar refractivity (Wildman–Crippen MR) is 266 cm³/mol. The van der Waals surface area contributed by atoms with Crippen LogP contribution in [0.15, 0.2) is 35.1 Å². The van der Waals surface area contributed by atoms with E-state index in [0.717, 1.165) is 31.2 Å². The number of ketones is 1.